The molecule has 2 heterocycles. The zero-order valence-electron chi connectivity index (χ0n) is 12.8. The van der Waals surface area contributed by atoms with E-state index in [1.54, 1.807) is 0 Å². The minimum Gasteiger partial charge on any atom is -0.338 e. The van der Waals surface area contributed by atoms with E-state index in [0.717, 1.165) is 44.4 Å². The number of nitrogens with zero attached hydrogens (tertiary/aromatic N) is 4. The summed E-state index contributed by atoms with van der Waals surface area (Å²) in [5, 5.41) is 4.11. The fourth-order valence-corrected chi connectivity index (χ4v) is 2.33. The zero-order chi connectivity index (χ0) is 14.0. The van der Waals surface area contributed by atoms with Crippen molar-refractivity contribution in [1.29, 1.82) is 0 Å². The molecule has 0 unspecified atom stereocenters. The molecule has 1 aliphatic heterocycles. The Morgan fingerprint density at radius 1 is 1.21 bits per heavy atom. The molecule has 1 fully saturated rings. The fraction of sp³-hybridized carbons (Fsp3) is 0.857. The van der Waals surface area contributed by atoms with E-state index >= 15 is 0 Å². The lowest BCUT2D eigenvalue weighted by molar-refractivity contribution is 0.0914. The predicted molar refractivity (Wildman–Crippen MR) is 75.1 cm³/mol. The summed E-state index contributed by atoms with van der Waals surface area (Å²) in [6, 6.07) is 0.211. The van der Waals surface area contributed by atoms with Crippen LogP contribution in [0.2, 0.25) is 0 Å². The maximum absolute atomic E-state index is 5.44. The second kappa shape index (κ2) is 5.59. The lowest BCUT2D eigenvalue weighted by Crippen LogP contribution is -2.46. The van der Waals surface area contributed by atoms with Gasteiger partial charge in [0.15, 0.2) is 5.82 Å². The predicted octanol–water partition coefficient (Wildman–Crippen LogP) is 2.07. The van der Waals surface area contributed by atoms with Crippen LogP contribution in [0, 0.1) is 0 Å². The standard InChI is InChI=1S/C14H26N4O/c1-6-17-7-9-18(10-8-17)11(2)12-15-13(16-19-12)14(3,4)5/h11H,6-10H2,1-5H3/t11-/m1/s1. The molecule has 0 bridgehead atoms. The maximum atomic E-state index is 5.44. The molecular weight excluding hydrogens is 240 g/mol. The summed E-state index contributed by atoms with van der Waals surface area (Å²) in [5.74, 6) is 1.54. The van der Waals surface area contributed by atoms with Gasteiger partial charge in [-0.1, -0.05) is 32.9 Å². The Hall–Kier alpha value is -0.940. The molecule has 1 aromatic heterocycles. The van der Waals surface area contributed by atoms with Gasteiger partial charge in [0.2, 0.25) is 5.89 Å². The van der Waals surface area contributed by atoms with Crippen molar-refractivity contribution in [2.45, 2.75) is 46.1 Å². The molecular formula is C14H26N4O. The van der Waals surface area contributed by atoms with Gasteiger partial charge in [-0.05, 0) is 13.5 Å². The summed E-state index contributed by atoms with van der Waals surface area (Å²) in [4.78, 5) is 9.46. The Morgan fingerprint density at radius 2 is 1.84 bits per heavy atom. The average molecular weight is 266 g/mol. The normalized spacial score (nSPS) is 20.7. The second-order valence-corrected chi connectivity index (χ2v) is 6.35. The first-order chi connectivity index (χ1) is 8.91. The third kappa shape index (κ3) is 3.34. The number of piperazine rings is 1. The van der Waals surface area contributed by atoms with E-state index in [9.17, 15) is 0 Å². The number of rotatable bonds is 3. The first kappa shape index (κ1) is 14.5. The van der Waals surface area contributed by atoms with Crippen molar-refractivity contribution in [2.24, 2.45) is 0 Å². The van der Waals surface area contributed by atoms with Crippen LogP contribution in [0.15, 0.2) is 4.52 Å². The number of likely N-dealkylation sites (N-methyl/N-ethyl adjacent to an activating group) is 1. The van der Waals surface area contributed by atoms with Gasteiger partial charge in [-0.3, -0.25) is 4.90 Å². The topological polar surface area (TPSA) is 45.4 Å². The molecule has 0 aliphatic carbocycles. The molecule has 0 spiro atoms. The van der Waals surface area contributed by atoms with Crippen molar-refractivity contribution >= 4 is 0 Å². The van der Waals surface area contributed by atoms with Crippen molar-refractivity contribution in [1.82, 2.24) is 19.9 Å². The number of hydrogen-bond acceptors (Lipinski definition) is 5. The van der Waals surface area contributed by atoms with Crippen LogP contribution < -0.4 is 0 Å². The molecule has 0 saturated carbocycles. The largest absolute Gasteiger partial charge is 0.338 e. The Kier molecular flexibility index (Phi) is 4.26. The molecule has 19 heavy (non-hydrogen) atoms. The third-order valence-corrected chi connectivity index (χ3v) is 3.87. The maximum Gasteiger partial charge on any atom is 0.243 e. The smallest absolute Gasteiger partial charge is 0.243 e. The van der Waals surface area contributed by atoms with Crippen molar-refractivity contribution in [3.63, 3.8) is 0 Å². The highest BCUT2D eigenvalue weighted by Crippen LogP contribution is 2.24. The number of hydrogen-bond donors (Lipinski definition) is 0. The summed E-state index contributed by atoms with van der Waals surface area (Å²) in [7, 11) is 0. The fourth-order valence-electron chi connectivity index (χ4n) is 2.33. The van der Waals surface area contributed by atoms with E-state index in [1.807, 2.05) is 0 Å². The summed E-state index contributed by atoms with van der Waals surface area (Å²) in [6.07, 6.45) is 0. The highest BCUT2D eigenvalue weighted by atomic mass is 16.5. The molecule has 0 radical (unpaired) electrons. The summed E-state index contributed by atoms with van der Waals surface area (Å²) in [6.45, 7) is 16.2. The molecule has 0 aromatic carbocycles. The monoisotopic (exact) mass is 266 g/mol. The third-order valence-electron chi connectivity index (χ3n) is 3.87. The van der Waals surface area contributed by atoms with E-state index < -0.39 is 0 Å². The van der Waals surface area contributed by atoms with Gasteiger partial charge in [0.05, 0.1) is 6.04 Å². The summed E-state index contributed by atoms with van der Waals surface area (Å²) >= 11 is 0. The van der Waals surface area contributed by atoms with E-state index in [2.05, 4.69) is 54.6 Å². The van der Waals surface area contributed by atoms with Crippen LogP contribution in [-0.4, -0.2) is 52.7 Å². The van der Waals surface area contributed by atoms with Crippen molar-refractivity contribution in [3.8, 4) is 0 Å². The first-order valence-corrected chi connectivity index (χ1v) is 7.22. The van der Waals surface area contributed by atoms with Crippen LogP contribution in [0.3, 0.4) is 0 Å². The molecule has 0 amide bonds. The van der Waals surface area contributed by atoms with Gasteiger partial charge in [0.1, 0.15) is 0 Å². The van der Waals surface area contributed by atoms with Crippen molar-refractivity contribution < 1.29 is 4.52 Å². The van der Waals surface area contributed by atoms with Gasteiger partial charge in [-0.15, -0.1) is 0 Å². The molecule has 0 N–H and O–H groups in total. The average Bonchev–Trinajstić information content (AvgIpc) is 2.87. The lowest BCUT2D eigenvalue weighted by atomic mass is 9.96. The van der Waals surface area contributed by atoms with Crippen LogP contribution in [-0.2, 0) is 5.41 Å². The Balaban J connectivity index is 2.00. The molecule has 108 valence electrons. The van der Waals surface area contributed by atoms with Crippen LogP contribution >= 0.6 is 0 Å². The molecule has 1 saturated heterocycles. The second-order valence-electron chi connectivity index (χ2n) is 6.35. The molecule has 2 rings (SSSR count). The van der Waals surface area contributed by atoms with Crippen LogP contribution in [0.1, 0.15) is 52.4 Å². The molecule has 1 aromatic rings. The van der Waals surface area contributed by atoms with Crippen LogP contribution in [0.4, 0.5) is 0 Å². The highest BCUT2D eigenvalue weighted by molar-refractivity contribution is 5.02. The van der Waals surface area contributed by atoms with Gasteiger partial charge in [0, 0.05) is 31.6 Å². The summed E-state index contributed by atoms with van der Waals surface area (Å²) < 4.78 is 5.44. The SMILES string of the molecule is CCN1CCN([C@H](C)c2nc(C(C)(C)C)no2)CC1. The van der Waals surface area contributed by atoms with Crippen LogP contribution in [0.5, 0.6) is 0 Å². The molecule has 1 atom stereocenters. The summed E-state index contributed by atoms with van der Waals surface area (Å²) in [5.41, 5.74) is -0.0532. The quantitative estimate of drug-likeness (QED) is 0.838. The van der Waals surface area contributed by atoms with E-state index in [4.69, 9.17) is 4.52 Å². The van der Waals surface area contributed by atoms with Gasteiger partial charge >= 0.3 is 0 Å². The van der Waals surface area contributed by atoms with E-state index in [0.29, 0.717) is 0 Å². The minimum atomic E-state index is -0.0532. The Labute approximate surface area is 116 Å². The lowest BCUT2D eigenvalue weighted by Gasteiger charge is -2.36. The van der Waals surface area contributed by atoms with Gasteiger partial charge in [0.25, 0.3) is 0 Å². The van der Waals surface area contributed by atoms with Gasteiger partial charge in [-0.25, -0.2) is 0 Å². The minimum absolute atomic E-state index is 0.0532. The Bertz CT molecular complexity index is 402. The van der Waals surface area contributed by atoms with Crippen LogP contribution in [0.25, 0.3) is 0 Å². The highest BCUT2D eigenvalue weighted by Gasteiger charge is 2.27. The van der Waals surface area contributed by atoms with Gasteiger partial charge in [-0.2, -0.15) is 4.98 Å². The zero-order valence-corrected chi connectivity index (χ0v) is 12.8. The van der Waals surface area contributed by atoms with E-state index in [-0.39, 0.29) is 11.5 Å². The van der Waals surface area contributed by atoms with Crippen molar-refractivity contribution in [3.05, 3.63) is 11.7 Å². The van der Waals surface area contributed by atoms with Crippen molar-refractivity contribution in [2.75, 3.05) is 32.7 Å². The molecule has 5 nitrogen and oxygen atoms in total. The molecule has 1 aliphatic rings. The van der Waals surface area contributed by atoms with E-state index in [1.165, 1.54) is 0 Å². The Morgan fingerprint density at radius 3 is 2.32 bits per heavy atom. The van der Waals surface area contributed by atoms with Gasteiger partial charge < -0.3 is 9.42 Å². The molecule has 5 heteroatoms. The first-order valence-electron chi connectivity index (χ1n) is 7.22. The number of aromatic nitrogens is 2.